The number of rotatable bonds is 7. The molecule has 0 aliphatic carbocycles. The molecule has 0 fully saturated rings. The van der Waals surface area contributed by atoms with E-state index in [1.807, 2.05) is 48.9 Å². The van der Waals surface area contributed by atoms with Gasteiger partial charge in [-0.15, -0.1) is 0 Å². The van der Waals surface area contributed by atoms with E-state index in [1.54, 1.807) is 18.2 Å². The third kappa shape index (κ3) is 4.76. The zero-order chi connectivity index (χ0) is 19.9. The van der Waals surface area contributed by atoms with Crippen LogP contribution in [0.25, 0.3) is 11.8 Å². The third-order valence-corrected chi connectivity index (χ3v) is 4.21. The number of furan rings is 1. The third-order valence-electron chi connectivity index (χ3n) is 4.21. The highest BCUT2D eigenvalue weighted by molar-refractivity contribution is 5.94. The van der Waals surface area contributed by atoms with Crippen LogP contribution in [0.15, 0.2) is 59.2 Å². The quantitative estimate of drug-likeness (QED) is 0.618. The van der Waals surface area contributed by atoms with E-state index in [0.29, 0.717) is 5.76 Å². The summed E-state index contributed by atoms with van der Waals surface area (Å²) in [6, 6.07) is 13.3. The van der Waals surface area contributed by atoms with Gasteiger partial charge >= 0.3 is 0 Å². The Kier molecular flexibility index (Phi) is 6.06. The fourth-order valence-electron chi connectivity index (χ4n) is 2.76. The summed E-state index contributed by atoms with van der Waals surface area (Å²) in [7, 11) is 0. The van der Waals surface area contributed by atoms with Crippen LogP contribution in [0.1, 0.15) is 22.7 Å². The summed E-state index contributed by atoms with van der Waals surface area (Å²) in [6.45, 7) is 4.03. The van der Waals surface area contributed by atoms with Crippen LogP contribution in [-0.2, 0) is 16.1 Å². The number of hydrogen-bond donors (Lipinski definition) is 2. The van der Waals surface area contributed by atoms with Crippen LogP contribution in [0, 0.1) is 13.8 Å². The number of para-hydroxylation sites is 1. The first-order chi connectivity index (χ1) is 13.5. The molecule has 0 bridgehead atoms. The van der Waals surface area contributed by atoms with E-state index in [4.69, 9.17) is 4.42 Å². The summed E-state index contributed by atoms with van der Waals surface area (Å²) in [5, 5.41) is 9.78. The number of carbonyl (C=O) groups is 2. The van der Waals surface area contributed by atoms with Gasteiger partial charge in [-0.1, -0.05) is 18.2 Å². The van der Waals surface area contributed by atoms with Crippen molar-refractivity contribution in [1.29, 1.82) is 0 Å². The minimum Gasteiger partial charge on any atom is -0.467 e. The smallest absolute Gasteiger partial charge is 0.244 e. The van der Waals surface area contributed by atoms with Crippen molar-refractivity contribution in [1.82, 2.24) is 20.4 Å². The number of carbonyl (C=O) groups excluding carboxylic acids is 2. The number of amides is 2. The minimum absolute atomic E-state index is 0.106. The number of aromatic nitrogens is 2. The van der Waals surface area contributed by atoms with Crippen molar-refractivity contribution in [3.63, 3.8) is 0 Å². The van der Waals surface area contributed by atoms with Gasteiger partial charge in [0, 0.05) is 17.3 Å². The van der Waals surface area contributed by atoms with Crippen molar-refractivity contribution < 1.29 is 14.0 Å². The predicted molar refractivity (Wildman–Crippen MR) is 106 cm³/mol. The van der Waals surface area contributed by atoms with Crippen molar-refractivity contribution in [2.45, 2.75) is 20.4 Å². The molecule has 3 rings (SSSR count). The van der Waals surface area contributed by atoms with E-state index in [9.17, 15) is 9.59 Å². The number of nitrogens with one attached hydrogen (secondary N) is 2. The summed E-state index contributed by atoms with van der Waals surface area (Å²) < 4.78 is 6.97. The highest BCUT2D eigenvalue weighted by Crippen LogP contribution is 2.18. The van der Waals surface area contributed by atoms with E-state index in [0.717, 1.165) is 22.6 Å². The fourth-order valence-corrected chi connectivity index (χ4v) is 2.76. The van der Waals surface area contributed by atoms with E-state index >= 15 is 0 Å². The maximum absolute atomic E-state index is 12.0. The molecule has 2 heterocycles. The van der Waals surface area contributed by atoms with Crippen molar-refractivity contribution in [3.05, 3.63) is 77.5 Å². The molecule has 28 heavy (non-hydrogen) atoms. The Morgan fingerprint density at radius 1 is 1.11 bits per heavy atom. The zero-order valence-corrected chi connectivity index (χ0v) is 15.8. The van der Waals surface area contributed by atoms with Crippen LogP contribution in [0.5, 0.6) is 0 Å². The van der Waals surface area contributed by atoms with Crippen LogP contribution in [-0.4, -0.2) is 28.1 Å². The molecular formula is C21H22N4O3. The molecule has 3 aromatic rings. The van der Waals surface area contributed by atoms with Gasteiger partial charge in [0.15, 0.2) is 0 Å². The maximum Gasteiger partial charge on any atom is 0.244 e. The Hall–Kier alpha value is -3.61. The first-order valence-electron chi connectivity index (χ1n) is 8.91. The highest BCUT2D eigenvalue weighted by Gasteiger charge is 2.11. The van der Waals surface area contributed by atoms with E-state index in [2.05, 4.69) is 15.7 Å². The molecule has 0 saturated heterocycles. The second-order valence-electron chi connectivity index (χ2n) is 6.24. The molecule has 2 amide bonds. The van der Waals surface area contributed by atoms with Crippen molar-refractivity contribution >= 4 is 17.9 Å². The van der Waals surface area contributed by atoms with Crippen LogP contribution >= 0.6 is 0 Å². The zero-order valence-electron chi connectivity index (χ0n) is 15.8. The number of benzene rings is 1. The molecule has 0 aliphatic rings. The summed E-state index contributed by atoms with van der Waals surface area (Å²) in [5.74, 6) is 0.0165. The van der Waals surface area contributed by atoms with E-state index in [-0.39, 0.29) is 24.9 Å². The molecule has 0 radical (unpaired) electrons. The van der Waals surface area contributed by atoms with Crippen LogP contribution in [0.4, 0.5) is 0 Å². The van der Waals surface area contributed by atoms with Gasteiger partial charge in [0.2, 0.25) is 11.8 Å². The Labute approximate surface area is 163 Å². The molecule has 144 valence electrons. The summed E-state index contributed by atoms with van der Waals surface area (Å²) in [6.07, 6.45) is 4.66. The summed E-state index contributed by atoms with van der Waals surface area (Å²) >= 11 is 0. The Bertz CT molecular complexity index is 973. The molecule has 7 nitrogen and oxygen atoms in total. The average molecular weight is 378 g/mol. The topological polar surface area (TPSA) is 89.2 Å². The van der Waals surface area contributed by atoms with Gasteiger partial charge in [-0.05, 0) is 44.2 Å². The second kappa shape index (κ2) is 8.85. The molecule has 0 saturated carbocycles. The largest absolute Gasteiger partial charge is 0.467 e. The van der Waals surface area contributed by atoms with Gasteiger partial charge < -0.3 is 15.1 Å². The second-order valence-corrected chi connectivity index (χ2v) is 6.24. The van der Waals surface area contributed by atoms with Crippen molar-refractivity contribution in [2.75, 3.05) is 6.54 Å². The van der Waals surface area contributed by atoms with Gasteiger partial charge in [-0.3, -0.25) is 9.59 Å². The van der Waals surface area contributed by atoms with E-state index in [1.165, 1.54) is 12.3 Å². The van der Waals surface area contributed by atoms with Crippen LogP contribution < -0.4 is 10.6 Å². The average Bonchev–Trinajstić information content (AvgIpc) is 3.32. The predicted octanol–water partition coefficient (Wildman–Crippen LogP) is 2.53. The molecule has 0 unspecified atom stereocenters. The standard InChI is InChI=1S/C21H22N4O3/c1-15-19(16(2)25(24-15)17-7-4-3-5-8-17)10-11-20(26)23-14-21(27)22-13-18-9-6-12-28-18/h3-12H,13-14H2,1-2H3,(H,22,27)(H,23,26)/b11-10+. The lowest BCUT2D eigenvalue weighted by Crippen LogP contribution is -2.35. The molecule has 7 heteroatoms. The fraction of sp³-hybridized carbons (Fsp3) is 0.190. The monoisotopic (exact) mass is 378 g/mol. The van der Waals surface area contributed by atoms with Crippen LogP contribution in [0.2, 0.25) is 0 Å². The molecule has 2 aromatic heterocycles. The molecule has 2 N–H and O–H groups in total. The van der Waals surface area contributed by atoms with Crippen molar-refractivity contribution in [2.24, 2.45) is 0 Å². The first-order valence-corrected chi connectivity index (χ1v) is 8.91. The van der Waals surface area contributed by atoms with Gasteiger partial charge in [0.1, 0.15) is 5.76 Å². The number of nitrogens with zero attached hydrogens (tertiary/aromatic N) is 2. The van der Waals surface area contributed by atoms with E-state index < -0.39 is 0 Å². The van der Waals surface area contributed by atoms with Crippen molar-refractivity contribution in [3.8, 4) is 5.69 Å². The molecule has 0 atom stereocenters. The van der Waals surface area contributed by atoms with Gasteiger partial charge in [0.05, 0.1) is 30.7 Å². The highest BCUT2D eigenvalue weighted by atomic mass is 16.3. The lowest BCUT2D eigenvalue weighted by atomic mass is 10.2. The molecule has 0 spiro atoms. The van der Waals surface area contributed by atoms with Crippen LogP contribution in [0.3, 0.4) is 0 Å². The Morgan fingerprint density at radius 3 is 2.61 bits per heavy atom. The lowest BCUT2D eigenvalue weighted by molar-refractivity contribution is -0.124. The molecular weight excluding hydrogens is 356 g/mol. The van der Waals surface area contributed by atoms with Gasteiger partial charge in [0.25, 0.3) is 0 Å². The Morgan fingerprint density at radius 2 is 1.89 bits per heavy atom. The summed E-state index contributed by atoms with van der Waals surface area (Å²) in [5.41, 5.74) is 3.59. The molecule has 1 aromatic carbocycles. The Balaban J connectivity index is 1.55. The lowest BCUT2D eigenvalue weighted by Gasteiger charge is -2.04. The SMILES string of the molecule is Cc1nn(-c2ccccc2)c(C)c1/C=C/C(=O)NCC(=O)NCc1ccco1. The normalized spacial score (nSPS) is 10.9. The number of hydrogen-bond acceptors (Lipinski definition) is 4. The first kappa shape index (κ1) is 19.2. The van der Waals surface area contributed by atoms with Gasteiger partial charge in [-0.25, -0.2) is 4.68 Å². The maximum atomic E-state index is 12.0. The summed E-state index contributed by atoms with van der Waals surface area (Å²) in [4.78, 5) is 23.8. The number of aryl methyl sites for hydroxylation is 1. The minimum atomic E-state index is -0.348. The van der Waals surface area contributed by atoms with Gasteiger partial charge in [-0.2, -0.15) is 5.10 Å². The molecule has 0 aliphatic heterocycles.